The quantitative estimate of drug-likeness (QED) is 0.877. The minimum atomic E-state index is -1.15. The van der Waals surface area contributed by atoms with Gasteiger partial charge < -0.3 is 10.1 Å². The molecule has 2 rings (SSSR count). The van der Waals surface area contributed by atoms with Crippen LogP contribution in [0.2, 0.25) is 5.02 Å². The summed E-state index contributed by atoms with van der Waals surface area (Å²) in [5.74, 6) is -0.460. The van der Waals surface area contributed by atoms with E-state index in [4.69, 9.17) is 16.3 Å². The van der Waals surface area contributed by atoms with E-state index in [2.05, 4.69) is 15.3 Å². The zero-order chi connectivity index (χ0) is 14.6. The van der Waals surface area contributed by atoms with Gasteiger partial charge in [-0.3, -0.25) is 9.97 Å². The Morgan fingerprint density at radius 3 is 2.80 bits per heavy atom. The van der Waals surface area contributed by atoms with Gasteiger partial charge in [0, 0.05) is 23.1 Å². The molecule has 0 bridgehead atoms. The van der Waals surface area contributed by atoms with Crippen LogP contribution in [0.15, 0.2) is 42.9 Å². The molecule has 0 saturated carbocycles. The highest BCUT2D eigenvalue weighted by atomic mass is 35.5. The van der Waals surface area contributed by atoms with E-state index in [-0.39, 0.29) is 0 Å². The summed E-state index contributed by atoms with van der Waals surface area (Å²) in [4.78, 5) is 20.3. The third-order valence-electron chi connectivity index (χ3n) is 2.89. The molecule has 0 amide bonds. The number of carbonyl (C=O) groups excluding carboxylic acids is 1. The second-order valence-electron chi connectivity index (χ2n) is 4.34. The van der Waals surface area contributed by atoms with Gasteiger partial charge in [0.15, 0.2) is 5.54 Å². The first-order valence-corrected chi connectivity index (χ1v) is 6.33. The van der Waals surface area contributed by atoms with E-state index >= 15 is 0 Å². The van der Waals surface area contributed by atoms with Crippen molar-refractivity contribution in [2.24, 2.45) is 0 Å². The molecular formula is C14H14ClN3O2. The van der Waals surface area contributed by atoms with Crippen molar-refractivity contribution < 1.29 is 9.53 Å². The van der Waals surface area contributed by atoms with Crippen LogP contribution >= 0.6 is 11.6 Å². The first kappa shape index (κ1) is 14.3. The van der Waals surface area contributed by atoms with E-state index in [1.165, 1.54) is 19.5 Å². The molecule has 1 heterocycles. The number of carbonyl (C=O) groups is 1. The SMILES string of the molecule is COC(=O)C(C)(Nc1cccc(Cl)c1)c1cnccn1. The van der Waals surface area contributed by atoms with Crippen LogP contribution < -0.4 is 5.32 Å². The van der Waals surface area contributed by atoms with Crippen LogP contribution in [0.5, 0.6) is 0 Å². The number of halogens is 1. The van der Waals surface area contributed by atoms with Gasteiger partial charge in [-0.2, -0.15) is 0 Å². The van der Waals surface area contributed by atoms with Gasteiger partial charge in [-0.05, 0) is 25.1 Å². The molecule has 0 aliphatic heterocycles. The van der Waals surface area contributed by atoms with E-state index < -0.39 is 11.5 Å². The second kappa shape index (κ2) is 5.88. The molecule has 104 valence electrons. The minimum absolute atomic E-state index is 0.460. The van der Waals surface area contributed by atoms with Gasteiger partial charge in [0.2, 0.25) is 0 Å². The van der Waals surface area contributed by atoms with Crippen molar-refractivity contribution >= 4 is 23.3 Å². The van der Waals surface area contributed by atoms with Gasteiger partial charge in [-0.15, -0.1) is 0 Å². The molecule has 0 fully saturated rings. The molecule has 0 aliphatic rings. The van der Waals surface area contributed by atoms with Crippen LogP contribution in [0.1, 0.15) is 12.6 Å². The van der Waals surface area contributed by atoms with Gasteiger partial charge in [0.05, 0.1) is 19.0 Å². The zero-order valence-electron chi connectivity index (χ0n) is 11.1. The minimum Gasteiger partial charge on any atom is -0.467 e. The number of hydrogen-bond acceptors (Lipinski definition) is 5. The summed E-state index contributed by atoms with van der Waals surface area (Å²) in [6.07, 6.45) is 4.59. The average Bonchev–Trinajstić information content (AvgIpc) is 2.47. The summed E-state index contributed by atoms with van der Waals surface area (Å²) in [6, 6.07) is 7.08. The molecule has 1 atom stereocenters. The smallest absolute Gasteiger partial charge is 0.337 e. The Labute approximate surface area is 122 Å². The summed E-state index contributed by atoms with van der Waals surface area (Å²) >= 11 is 5.95. The normalized spacial score (nSPS) is 13.3. The number of nitrogens with one attached hydrogen (secondary N) is 1. The van der Waals surface area contributed by atoms with E-state index in [0.717, 1.165) is 0 Å². The maximum absolute atomic E-state index is 12.1. The molecule has 0 aliphatic carbocycles. The summed E-state index contributed by atoms with van der Waals surface area (Å²) in [6.45, 7) is 1.68. The summed E-state index contributed by atoms with van der Waals surface area (Å²) in [5.41, 5.74) is 0.0103. The number of nitrogens with zero attached hydrogens (tertiary/aromatic N) is 2. The first-order chi connectivity index (χ1) is 9.56. The van der Waals surface area contributed by atoms with Crippen molar-refractivity contribution in [1.82, 2.24) is 9.97 Å². The lowest BCUT2D eigenvalue weighted by molar-refractivity contribution is -0.145. The number of aromatic nitrogens is 2. The lowest BCUT2D eigenvalue weighted by atomic mass is 9.97. The van der Waals surface area contributed by atoms with E-state index in [1.807, 2.05) is 6.07 Å². The Bertz CT molecular complexity index is 606. The van der Waals surface area contributed by atoms with Gasteiger partial charge in [-0.25, -0.2) is 4.79 Å². The number of hydrogen-bond donors (Lipinski definition) is 1. The summed E-state index contributed by atoms with van der Waals surface area (Å²) in [5, 5.41) is 3.67. The number of esters is 1. The average molecular weight is 292 g/mol. The van der Waals surface area contributed by atoms with Crippen molar-refractivity contribution in [3.63, 3.8) is 0 Å². The standard InChI is InChI=1S/C14H14ClN3O2/c1-14(13(19)20-2,12-9-16-6-7-17-12)18-11-5-3-4-10(15)8-11/h3-9,18H,1-2H3. The Morgan fingerprint density at radius 1 is 1.40 bits per heavy atom. The lowest BCUT2D eigenvalue weighted by Gasteiger charge is -2.28. The molecule has 0 radical (unpaired) electrons. The van der Waals surface area contributed by atoms with Crippen molar-refractivity contribution in [2.75, 3.05) is 12.4 Å². The Hall–Kier alpha value is -2.14. The number of anilines is 1. The van der Waals surface area contributed by atoms with Gasteiger partial charge >= 0.3 is 5.97 Å². The van der Waals surface area contributed by atoms with E-state index in [1.54, 1.807) is 31.3 Å². The summed E-state index contributed by atoms with van der Waals surface area (Å²) < 4.78 is 4.87. The number of ether oxygens (including phenoxy) is 1. The molecular weight excluding hydrogens is 278 g/mol. The van der Waals surface area contributed by atoms with Crippen molar-refractivity contribution in [3.8, 4) is 0 Å². The van der Waals surface area contributed by atoms with Gasteiger partial charge in [0.25, 0.3) is 0 Å². The van der Waals surface area contributed by atoms with Crippen molar-refractivity contribution in [3.05, 3.63) is 53.6 Å². The predicted molar refractivity (Wildman–Crippen MR) is 76.5 cm³/mol. The molecule has 1 N–H and O–H groups in total. The molecule has 5 nitrogen and oxygen atoms in total. The van der Waals surface area contributed by atoms with Crippen molar-refractivity contribution in [1.29, 1.82) is 0 Å². The largest absolute Gasteiger partial charge is 0.467 e. The van der Waals surface area contributed by atoms with Crippen LogP contribution in [0.25, 0.3) is 0 Å². The summed E-state index contributed by atoms with van der Waals surface area (Å²) in [7, 11) is 1.33. The fourth-order valence-corrected chi connectivity index (χ4v) is 2.03. The topological polar surface area (TPSA) is 64.1 Å². The monoisotopic (exact) mass is 291 g/mol. The molecule has 0 saturated heterocycles. The molecule has 1 unspecified atom stereocenters. The van der Waals surface area contributed by atoms with Crippen LogP contribution in [0, 0.1) is 0 Å². The molecule has 6 heteroatoms. The van der Waals surface area contributed by atoms with E-state index in [9.17, 15) is 4.79 Å². The molecule has 1 aromatic carbocycles. The molecule has 1 aromatic heterocycles. The van der Waals surface area contributed by atoms with Crippen LogP contribution in [0.4, 0.5) is 5.69 Å². The Morgan fingerprint density at radius 2 is 2.20 bits per heavy atom. The first-order valence-electron chi connectivity index (χ1n) is 5.95. The molecule has 20 heavy (non-hydrogen) atoms. The highest BCUT2D eigenvalue weighted by Gasteiger charge is 2.38. The predicted octanol–water partition coefficient (Wildman–Crippen LogP) is 2.63. The second-order valence-corrected chi connectivity index (χ2v) is 4.78. The van der Waals surface area contributed by atoms with Gasteiger partial charge in [-0.1, -0.05) is 17.7 Å². The lowest BCUT2D eigenvalue weighted by Crippen LogP contribution is -2.42. The maximum Gasteiger partial charge on any atom is 0.337 e. The Balaban J connectivity index is 2.41. The van der Waals surface area contributed by atoms with Crippen LogP contribution in [-0.4, -0.2) is 23.0 Å². The maximum atomic E-state index is 12.1. The van der Waals surface area contributed by atoms with Crippen LogP contribution in [0.3, 0.4) is 0 Å². The Kier molecular flexibility index (Phi) is 4.20. The fraction of sp³-hybridized carbons (Fsp3) is 0.214. The number of benzene rings is 1. The molecule has 0 spiro atoms. The van der Waals surface area contributed by atoms with E-state index in [0.29, 0.717) is 16.4 Å². The third kappa shape index (κ3) is 2.88. The molecule has 2 aromatic rings. The zero-order valence-corrected chi connectivity index (χ0v) is 11.9. The number of methoxy groups -OCH3 is 1. The van der Waals surface area contributed by atoms with Crippen LogP contribution in [-0.2, 0) is 15.1 Å². The fourth-order valence-electron chi connectivity index (χ4n) is 1.84. The highest BCUT2D eigenvalue weighted by molar-refractivity contribution is 6.30. The number of rotatable bonds is 4. The van der Waals surface area contributed by atoms with Crippen molar-refractivity contribution in [2.45, 2.75) is 12.5 Å². The third-order valence-corrected chi connectivity index (χ3v) is 3.12. The van der Waals surface area contributed by atoms with Gasteiger partial charge in [0.1, 0.15) is 0 Å². The highest BCUT2D eigenvalue weighted by Crippen LogP contribution is 2.27.